The molecule has 0 saturated carbocycles. The summed E-state index contributed by atoms with van der Waals surface area (Å²) >= 11 is -2.91. The van der Waals surface area contributed by atoms with Crippen LogP contribution in [-0.4, -0.2) is 87.9 Å². The van der Waals surface area contributed by atoms with Crippen LogP contribution in [-0.2, 0) is 0 Å². The minimum atomic E-state index is -2.67. The fraction of sp³-hybridized carbons (Fsp3) is 0.769. The maximum atomic E-state index is 2.67. The Hall–Kier alpha value is 2.57. The quantitative estimate of drug-likeness (QED) is 0.147. The summed E-state index contributed by atoms with van der Waals surface area (Å²) in [5, 5.41) is 12.9. The van der Waals surface area contributed by atoms with Crippen molar-refractivity contribution in [2.75, 3.05) is 0 Å². The number of benzene rings is 1. The molecule has 0 aromatic heterocycles. The zero-order valence-corrected chi connectivity index (χ0v) is 34.4. The number of hydrogen-bond acceptors (Lipinski definition) is 0. The van der Waals surface area contributed by atoms with Crippen molar-refractivity contribution < 1.29 is 0 Å². The van der Waals surface area contributed by atoms with Crippen LogP contribution in [0.3, 0.4) is 0 Å². The van der Waals surface area contributed by atoms with Crippen molar-refractivity contribution >= 4 is 96.6 Å². The molecular formula is C26H54As6. The van der Waals surface area contributed by atoms with Crippen molar-refractivity contribution in [3.8, 4) is 0 Å². The van der Waals surface area contributed by atoms with E-state index >= 15 is 0 Å². The van der Waals surface area contributed by atoms with E-state index in [4.69, 9.17) is 0 Å². The van der Waals surface area contributed by atoms with Gasteiger partial charge in [-0.3, -0.25) is 0 Å². The molecule has 1 unspecified atom stereocenters. The van der Waals surface area contributed by atoms with Gasteiger partial charge in [0.2, 0.25) is 0 Å². The topological polar surface area (TPSA) is 0 Å². The molecule has 0 bridgehead atoms. The fourth-order valence-electron chi connectivity index (χ4n) is 5.42. The fourth-order valence-corrected chi connectivity index (χ4v) is 37.0. The van der Waals surface area contributed by atoms with Gasteiger partial charge in [-0.1, -0.05) is 0 Å². The van der Waals surface area contributed by atoms with E-state index in [-0.39, 0.29) is 0 Å². The molecule has 0 heterocycles. The van der Waals surface area contributed by atoms with Crippen molar-refractivity contribution in [2.24, 2.45) is 0 Å². The molecule has 1 aromatic carbocycles. The predicted octanol–water partition coefficient (Wildman–Crippen LogP) is 7.13. The molecule has 0 N–H and O–H groups in total. The van der Waals surface area contributed by atoms with Crippen LogP contribution in [0.2, 0.25) is 87.4 Å². The third kappa shape index (κ3) is 11.3. The van der Waals surface area contributed by atoms with Gasteiger partial charge in [-0.15, -0.1) is 0 Å². The number of rotatable bonds is 17. The molecule has 0 aliphatic carbocycles. The van der Waals surface area contributed by atoms with Gasteiger partial charge in [0.15, 0.2) is 0 Å². The van der Waals surface area contributed by atoms with Gasteiger partial charge in [-0.25, -0.2) is 0 Å². The van der Waals surface area contributed by atoms with E-state index in [1.807, 2.05) is 21.2 Å². The first kappa shape index (κ1) is 32.6. The average molecular weight is 816 g/mol. The second-order valence-corrected chi connectivity index (χ2v) is 47.3. The molecule has 1 aromatic rings. The van der Waals surface area contributed by atoms with Crippen molar-refractivity contribution in [3.63, 3.8) is 0 Å². The Kier molecular flexibility index (Phi) is 16.7. The second kappa shape index (κ2) is 16.4. The molecule has 0 aliphatic rings. The monoisotopic (exact) mass is 816 g/mol. The molecule has 188 valence electrons. The van der Waals surface area contributed by atoms with Crippen LogP contribution in [0, 0.1) is 0 Å². The maximum absolute atomic E-state index is 2.67. The van der Waals surface area contributed by atoms with Crippen molar-refractivity contribution in [3.05, 3.63) is 24.3 Å². The average Bonchev–Trinajstić information content (AvgIpc) is 2.67. The Labute approximate surface area is 231 Å². The van der Waals surface area contributed by atoms with E-state index in [0.29, 0.717) is 0 Å². The van der Waals surface area contributed by atoms with E-state index in [2.05, 4.69) is 70.0 Å². The van der Waals surface area contributed by atoms with Gasteiger partial charge < -0.3 is 0 Å². The summed E-state index contributed by atoms with van der Waals surface area (Å²) in [6.45, 7) is 0. The molecule has 0 spiro atoms. The Balaban J connectivity index is 3.53. The Morgan fingerprint density at radius 1 is 0.562 bits per heavy atom. The third-order valence-corrected chi connectivity index (χ3v) is 35.5. The van der Waals surface area contributed by atoms with Gasteiger partial charge in [-0.2, -0.15) is 0 Å². The first-order valence-electron chi connectivity index (χ1n) is 12.4. The van der Waals surface area contributed by atoms with Gasteiger partial charge >= 0.3 is 234 Å². The molecule has 0 nitrogen and oxygen atoms in total. The Morgan fingerprint density at radius 3 is 1.16 bits per heavy atom. The van der Waals surface area contributed by atoms with Crippen molar-refractivity contribution in [2.45, 2.75) is 113 Å². The minimum absolute atomic E-state index is 0.539. The normalized spacial score (nSPS) is 14.0. The standard InChI is InChI=1S/C26H54As6/c1-28(2)17-11-21-32(22-12-18-29(3)4,23-13-19-30(5)6,24-14-20-31(7)8)26-16-10-9-15-25(26)27/h9-10,15-16H,11-14,17-24,27H2,1-8H3. The first-order valence-corrected chi connectivity index (χ1v) is 40.2. The summed E-state index contributed by atoms with van der Waals surface area (Å²) in [7, 11) is 0. The molecule has 32 heavy (non-hydrogen) atoms. The van der Waals surface area contributed by atoms with Gasteiger partial charge in [0.05, 0.1) is 0 Å². The van der Waals surface area contributed by atoms with E-state index < -0.39 is 71.1 Å². The van der Waals surface area contributed by atoms with Crippen molar-refractivity contribution in [1.29, 1.82) is 0 Å². The third-order valence-electron chi connectivity index (χ3n) is 7.02. The molecular weight excluding hydrogens is 762 g/mol. The molecule has 6 heteroatoms. The van der Waals surface area contributed by atoms with Crippen LogP contribution in [0.25, 0.3) is 0 Å². The summed E-state index contributed by atoms with van der Waals surface area (Å²) in [5.74, 6) is 0. The van der Waals surface area contributed by atoms with Gasteiger partial charge in [0.25, 0.3) is 0 Å². The molecule has 0 amide bonds. The van der Waals surface area contributed by atoms with Gasteiger partial charge in [-0.05, 0) is 0 Å². The van der Waals surface area contributed by atoms with Crippen LogP contribution in [0.5, 0.6) is 0 Å². The van der Waals surface area contributed by atoms with E-state index in [9.17, 15) is 0 Å². The first-order chi connectivity index (χ1) is 15.0. The van der Waals surface area contributed by atoms with Crippen LogP contribution in [0.1, 0.15) is 25.7 Å². The molecule has 1 rings (SSSR count). The summed E-state index contributed by atoms with van der Waals surface area (Å²) in [5.41, 5.74) is 20.7. The molecule has 0 fully saturated rings. The zero-order chi connectivity index (χ0) is 24.2. The SMILES string of the molecule is C[As](C)CCC[As](CCC[As](C)C)(CCC[As](C)C)(CCC[As](C)C)c1ccccc1[AsH2]. The number of hydrogen-bond donors (Lipinski definition) is 0. The molecule has 1 atom stereocenters. The molecule has 0 saturated heterocycles. The zero-order valence-electron chi connectivity index (χ0n) is 22.6. The van der Waals surface area contributed by atoms with Gasteiger partial charge in [0, 0.05) is 0 Å². The van der Waals surface area contributed by atoms with E-state index in [0.717, 1.165) is 0 Å². The molecule has 0 aliphatic heterocycles. The van der Waals surface area contributed by atoms with E-state index in [1.165, 1.54) is 0 Å². The predicted molar refractivity (Wildman–Crippen MR) is 167 cm³/mol. The summed E-state index contributed by atoms with van der Waals surface area (Å²) in [4.78, 5) is 0. The van der Waals surface area contributed by atoms with E-state index in [1.54, 1.807) is 71.7 Å². The second-order valence-electron chi connectivity index (χ2n) is 11.1. The summed E-state index contributed by atoms with van der Waals surface area (Å²) in [6.07, 6.45) is 6.22. The summed E-state index contributed by atoms with van der Waals surface area (Å²) in [6, 6.07) is 9.91. The van der Waals surface area contributed by atoms with Crippen LogP contribution < -0.4 is 8.70 Å². The van der Waals surface area contributed by atoms with Crippen molar-refractivity contribution in [1.82, 2.24) is 0 Å². The van der Waals surface area contributed by atoms with Crippen LogP contribution in [0.15, 0.2) is 24.3 Å². The summed E-state index contributed by atoms with van der Waals surface area (Å²) < 4.78 is 3.70. The Bertz CT molecular complexity index is 573. The van der Waals surface area contributed by atoms with Gasteiger partial charge in [0.1, 0.15) is 0 Å². The van der Waals surface area contributed by atoms with Crippen LogP contribution >= 0.6 is 0 Å². The van der Waals surface area contributed by atoms with Crippen LogP contribution in [0.4, 0.5) is 0 Å². The Morgan fingerprint density at radius 2 is 0.875 bits per heavy atom. The molecule has 0 radical (unpaired) electrons.